The average molecular weight is 493 g/mol. The molecule has 3 aliphatic heterocycles. The fourth-order valence-corrected chi connectivity index (χ4v) is 4.78. The van der Waals surface area contributed by atoms with Crippen LogP contribution in [0.15, 0.2) is 35.5 Å². The molecule has 0 aliphatic carbocycles. The van der Waals surface area contributed by atoms with Crippen LogP contribution < -0.4 is 5.32 Å². The van der Waals surface area contributed by atoms with Crippen molar-refractivity contribution in [3.63, 3.8) is 0 Å². The van der Waals surface area contributed by atoms with E-state index in [4.69, 9.17) is 0 Å². The smallest absolute Gasteiger partial charge is 0.339 e. The van der Waals surface area contributed by atoms with E-state index in [-0.39, 0.29) is 42.6 Å². The fraction of sp³-hybridized carbons (Fsp3) is 0.478. The molecule has 5 amide bonds. The molecule has 3 heterocycles. The summed E-state index contributed by atoms with van der Waals surface area (Å²) in [5.41, 5.74) is -0.818. The highest BCUT2D eigenvalue weighted by Crippen LogP contribution is 2.41. The summed E-state index contributed by atoms with van der Waals surface area (Å²) >= 11 is 0. The van der Waals surface area contributed by atoms with Crippen LogP contribution in [0.25, 0.3) is 0 Å². The molecule has 1 saturated heterocycles. The van der Waals surface area contributed by atoms with Crippen molar-refractivity contribution < 1.29 is 32.3 Å². The van der Waals surface area contributed by atoms with Crippen molar-refractivity contribution in [2.45, 2.75) is 26.1 Å². The average Bonchev–Trinajstić information content (AvgIpc) is 3.13. The first-order chi connectivity index (χ1) is 16.5. The number of nitrogens with zero attached hydrogens (tertiary/aromatic N) is 4. The number of hydrogen-bond acceptors (Lipinski definition) is 4. The Morgan fingerprint density at radius 2 is 1.69 bits per heavy atom. The molecule has 1 aromatic rings. The van der Waals surface area contributed by atoms with E-state index in [0.717, 1.165) is 6.07 Å². The molecule has 1 atom stereocenters. The molecule has 3 aliphatic rings. The van der Waals surface area contributed by atoms with Crippen molar-refractivity contribution >= 4 is 23.8 Å². The van der Waals surface area contributed by atoms with Gasteiger partial charge in [0.15, 0.2) is 0 Å². The molecule has 188 valence electrons. The fourth-order valence-electron chi connectivity index (χ4n) is 4.78. The molecule has 9 nitrogen and oxygen atoms in total. The number of urea groups is 1. The molecule has 0 bridgehead atoms. The number of halogens is 3. The predicted octanol–water partition coefficient (Wildman–Crippen LogP) is 1.58. The maximum Gasteiger partial charge on any atom is 0.416 e. The zero-order chi connectivity index (χ0) is 25.5. The Hall–Kier alpha value is -3.57. The van der Waals surface area contributed by atoms with Gasteiger partial charge < -0.3 is 20.0 Å². The van der Waals surface area contributed by atoms with E-state index < -0.39 is 29.7 Å². The first-order valence-corrected chi connectivity index (χ1v) is 11.3. The van der Waals surface area contributed by atoms with Gasteiger partial charge in [0.05, 0.1) is 29.4 Å². The van der Waals surface area contributed by atoms with Crippen molar-refractivity contribution in [2.24, 2.45) is 0 Å². The van der Waals surface area contributed by atoms with Crippen molar-refractivity contribution in [3.05, 3.63) is 46.7 Å². The van der Waals surface area contributed by atoms with Crippen molar-refractivity contribution in [1.82, 2.24) is 24.9 Å². The number of hydrogen-bond donors (Lipinski definition) is 1. The lowest BCUT2D eigenvalue weighted by Gasteiger charge is -2.35. The van der Waals surface area contributed by atoms with Crippen LogP contribution in [0.3, 0.4) is 0 Å². The van der Waals surface area contributed by atoms with Gasteiger partial charge in [-0.25, -0.2) is 4.79 Å². The van der Waals surface area contributed by atoms with Crippen LogP contribution >= 0.6 is 0 Å². The standard InChI is InChI=1S/C23H26F3N5O4/c1-3-31-17-12-30(13-18(33)29-10-8-28(9-11-29)14(2)32)21(34)19(17)20(27-22(31)35)15-6-4-5-7-16(15)23(24,25)26/h4-7,20H,3,8-13H2,1-2H3,(H,27,35). The Morgan fingerprint density at radius 1 is 1.06 bits per heavy atom. The zero-order valence-corrected chi connectivity index (χ0v) is 19.4. The van der Waals surface area contributed by atoms with Gasteiger partial charge in [-0.15, -0.1) is 0 Å². The maximum absolute atomic E-state index is 13.7. The van der Waals surface area contributed by atoms with E-state index >= 15 is 0 Å². The van der Waals surface area contributed by atoms with Gasteiger partial charge >= 0.3 is 12.2 Å². The van der Waals surface area contributed by atoms with Crippen LogP contribution in [0.5, 0.6) is 0 Å². The van der Waals surface area contributed by atoms with Gasteiger partial charge in [0.25, 0.3) is 5.91 Å². The lowest BCUT2D eigenvalue weighted by atomic mass is 9.91. The van der Waals surface area contributed by atoms with E-state index in [1.165, 1.54) is 34.9 Å². The number of piperazine rings is 1. The summed E-state index contributed by atoms with van der Waals surface area (Å²) in [6.45, 7) is 4.47. The minimum absolute atomic E-state index is 0.0392. The second kappa shape index (κ2) is 9.23. The molecule has 4 rings (SSSR count). The zero-order valence-electron chi connectivity index (χ0n) is 19.4. The molecule has 0 aromatic heterocycles. The van der Waals surface area contributed by atoms with Gasteiger partial charge in [-0.05, 0) is 18.6 Å². The topological polar surface area (TPSA) is 93.3 Å². The van der Waals surface area contributed by atoms with E-state index in [1.54, 1.807) is 16.7 Å². The van der Waals surface area contributed by atoms with Crippen LogP contribution in [0.1, 0.15) is 31.0 Å². The van der Waals surface area contributed by atoms with Gasteiger partial charge in [0.2, 0.25) is 11.8 Å². The number of benzene rings is 1. The lowest BCUT2D eigenvalue weighted by molar-refractivity contribution is -0.141. The van der Waals surface area contributed by atoms with Crippen LogP contribution in [0.2, 0.25) is 0 Å². The normalized spacial score (nSPS) is 20.9. The molecular formula is C23H26F3N5O4. The first-order valence-electron chi connectivity index (χ1n) is 11.3. The van der Waals surface area contributed by atoms with Crippen LogP contribution in [-0.2, 0) is 20.6 Å². The second-order valence-electron chi connectivity index (χ2n) is 8.62. The molecular weight excluding hydrogens is 467 g/mol. The molecule has 1 fully saturated rings. The van der Waals surface area contributed by atoms with E-state index in [9.17, 15) is 32.3 Å². The summed E-state index contributed by atoms with van der Waals surface area (Å²) in [6, 6.07) is 2.94. The highest BCUT2D eigenvalue weighted by atomic mass is 19.4. The van der Waals surface area contributed by atoms with Crippen molar-refractivity contribution in [1.29, 1.82) is 0 Å². The van der Waals surface area contributed by atoms with E-state index in [1.807, 2.05) is 0 Å². The number of amides is 5. The first kappa shape index (κ1) is 24.6. The van der Waals surface area contributed by atoms with Crippen molar-refractivity contribution in [2.75, 3.05) is 45.8 Å². The molecule has 12 heteroatoms. The Kier molecular flexibility index (Phi) is 6.48. The molecule has 35 heavy (non-hydrogen) atoms. The number of rotatable bonds is 4. The van der Waals surface area contributed by atoms with Gasteiger partial charge in [-0.3, -0.25) is 19.3 Å². The van der Waals surface area contributed by atoms with Crippen molar-refractivity contribution in [3.8, 4) is 0 Å². The van der Waals surface area contributed by atoms with Crippen LogP contribution in [0.4, 0.5) is 18.0 Å². The van der Waals surface area contributed by atoms with E-state index in [0.29, 0.717) is 31.9 Å². The quantitative estimate of drug-likeness (QED) is 0.690. The minimum atomic E-state index is -4.68. The Morgan fingerprint density at radius 3 is 2.29 bits per heavy atom. The third kappa shape index (κ3) is 4.56. The number of carbonyl (C=O) groups is 4. The third-order valence-electron chi connectivity index (χ3n) is 6.59. The Bertz CT molecular complexity index is 1090. The summed E-state index contributed by atoms with van der Waals surface area (Å²) in [5.74, 6) is -0.988. The number of carbonyl (C=O) groups excluding carboxylic acids is 4. The van der Waals surface area contributed by atoms with Crippen LogP contribution in [0, 0.1) is 0 Å². The number of likely N-dealkylation sites (N-methyl/N-ethyl adjacent to an activating group) is 1. The predicted molar refractivity (Wildman–Crippen MR) is 118 cm³/mol. The Balaban J connectivity index is 1.59. The summed E-state index contributed by atoms with van der Waals surface area (Å²) in [5, 5.41) is 2.55. The third-order valence-corrected chi connectivity index (χ3v) is 6.59. The minimum Gasteiger partial charge on any atom is -0.339 e. The molecule has 0 saturated carbocycles. The molecule has 1 aromatic carbocycles. The summed E-state index contributed by atoms with van der Waals surface area (Å²) in [7, 11) is 0. The summed E-state index contributed by atoms with van der Waals surface area (Å²) < 4.78 is 41.1. The summed E-state index contributed by atoms with van der Waals surface area (Å²) in [6.07, 6.45) is -4.68. The maximum atomic E-state index is 13.7. The van der Waals surface area contributed by atoms with Crippen LogP contribution in [-0.4, -0.2) is 89.2 Å². The van der Waals surface area contributed by atoms with E-state index in [2.05, 4.69) is 5.32 Å². The molecule has 0 spiro atoms. The van der Waals surface area contributed by atoms with Gasteiger partial charge in [0, 0.05) is 39.6 Å². The highest BCUT2D eigenvalue weighted by Gasteiger charge is 2.46. The molecule has 0 radical (unpaired) electrons. The van der Waals surface area contributed by atoms with Gasteiger partial charge in [-0.2, -0.15) is 13.2 Å². The van der Waals surface area contributed by atoms with Gasteiger partial charge in [0.1, 0.15) is 6.54 Å². The molecule has 1 N–H and O–H groups in total. The number of alkyl halides is 3. The SMILES string of the molecule is CCN1C(=O)NC(c2ccccc2C(F)(F)F)C2=C1CN(CC(=O)N1CCN(C(C)=O)CC1)C2=O. The monoisotopic (exact) mass is 493 g/mol. The Labute approximate surface area is 200 Å². The lowest BCUT2D eigenvalue weighted by Crippen LogP contribution is -2.52. The highest BCUT2D eigenvalue weighted by molar-refractivity contribution is 6.03. The number of nitrogens with one attached hydrogen (secondary N) is 1. The second-order valence-corrected chi connectivity index (χ2v) is 8.62. The largest absolute Gasteiger partial charge is 0.416 e. The molecule has 1 unspecified atom stereocenters. The summed E-state index contributed by atoms with van der Waals surface area (Å²) in [4.78, 5) is 56.3. The van der Waals surface area contributed by atoms with Gasteiger partial charge in [-0.1, -0.05) is 18.2 Å².